The number of aliphatic imine (C=N–C) groups is 1. The number of aromatic amines is 1. The molecule has 0 saturated heterocycles. The standard InChI is InChI=1S/C19H24N6O.HI/c1-4-20-19(25(3)13-15-9-7-14(2)8-10-15)21-12-17-22-18(24-23-17)16-6-5-11-26-16;/h5-11H,4,12-13H2,1-3H3,(H,20,21)(H,22,23,24);1H. The monoisotopic (exact) mass is 480 g/mol. The number of nitrogens with zero attached hydrogens (tertiary/aromatic N) is 4. The Labute approximate surface area is 176 Å². The number of furan rings is 1. The van der Waals surface area contributed by atoms with Crippen LogP contribution in [0.3, 0.4) is 0 Å². The van der Waals surface area contributed by atoms with Crippen molar-refractivity contribution in [2.75, 3.05) is 13.6 Å². The normalized spacial score (nSPS) is 11.1. The van der Waals surface area contributed by atoms with Crippen molar-refractivity contribution in [3.63, 3.8) is 0 Å². The van der Waals surface area contributed by atoms with Crippen LogP contribution in [0.25, 0.3) is 11.6 Å². The summed E-state index contributed by atoms with van der Waals surface area (Å²) in [5.74, 6) is 2.69. The molecule has 1 aromatic carbocycles. The average molecular weight is 480 g/mol. The Balaban J connectivity index is 0.00000261. The van der Waals surface area contributed by atoms with Crippen molar-refractivity contribution in [1.82, 2.24) is 25.4 Å². The molecule has 0 aliphatic heterocycles. The molecule has 0 radical (unpaired) electrons. The van der Waals surface area contributed by atoms with Gasteiger partial charge in [-0.15, -0.1) is 29.1 Å². The van der Waals surface area contributed by atoms with Crippen LogP contribution in [0, 0.1) is 6.92 Å². The zero-order valence-corrected chi connectivity index (χ0v) is 18.1. The molecule has 2 heterocycles. The number of hydrogen-bond donors (Lipinski definition) is 2. The van der Waals surface area contributed by atoms with Crippen LogP contribution in [0.5, 0.6) is 0 Å². The van der Waals surface area contributed by atoms with Crippen molar-refractivity contribution < 1.29 is 4.42 Å². The van der Waals surface area contributed by atoms with E-state index < -0.39 is 0 Å². The minimum atomic E-state index is 0. The van der Waals surface area contributed by atoms with Crippen molar-refractivity contribution in [2.24, 2.45) is 4.99 Å². The van der Waals surface area contributed by atoms with Gasteiger partial charge in [-0.1, -0.05) is 29.8 Å². The number of aryl methyl sites for hydroxylation is 1. The minimum absolute atomic E-state index is 0. The minimum Gasteiger partial charge on any atom is -0.461 e. The molecular weight excluding hydrogens is 455 g/mol. The summed E-state index contributed by atoms with van der Waals surface area (Å²) in [5, 5.41) is 10.4. The number of nitrogens with one attached hydrogen (secondary N) is 2. The molecular formula is C19H25IN6O. The van der Waals surface area contributed by atoms with Gasteiger partial charge in [-0.3, -0.25) is 5.10 Å². The summed E-state index contributed by atoms with van der Waals surface area (Å²) in [6, 6.07) is 12.2. The number of rotatable bonds is 6. The fourth-order valence-electron chi connectivity index (χ4n) is 2.54. The van der Waals surface area contributed by atoms with Crippen molar-refractivity contribution in [1.29, 1.82) is 0 Å². The molecule has 0 unspecified atom stereocenters. The van der Waals surface area contributed by atoms with Crippen molar-refractivity contribution in [2.45, 2.75) is 26.9 Å². The van der Waals surface area contributed by atoms with E-state index in [9.17, 15) is 0 Å². The summed E-state index contributed by atoms with van der Waals surface area (Å²) in [6.45, 7) is 6.13. The maximum Gasteiger partial charge on any atom is 0.216 e. The van der Waals surface area contributed by atoms with Gasteiger partial charge in [0.05, 0.1) is 6.26 Å². The van der Waals surface area contributed by atoms with E-state index >= 15 is 0 Å². The highest BCUT2D eigenvalue weighted by Crippen LogP contribution is 2.14. The van der Waals surface area contributed by atoms with Crippen molar-refractivity contribution in [3.8, 4) is 11.6 Å². The molecule has 2 aromatic heterocycles. The lowest BCUT2D eigenvalue weighted by Gasteiger charge is -2.22. The number of hydrogen-bond acceptors (Lipinski definition) is 4. The highest BCUT2D eigenvalue weighted by molar-refractivity contribution is 14.0. The van der Waals surface area contributed by atoms with Gasteiger partial charge in [-0.05, 0) is 31.5 Å². The molecule has 0 amide bonds. The first-order chi connectivity index (χ1) is 12.7. The Morgan fingerprint density at radius 3 is 2.70 bits per heavy atom. The largest absolute Gasteiger partial charge is 0.461 e. The van der Waals surface area contributed by atoms with Crippen LogP contribution in [0.15, 0.2) is 52.1 Å². The molecule has 27 heavy (non-hydrogen) atoms. The Hall–Kier alpha value is -2.36. The fourth-order valence-corrected chi connectivity index (χ4v) is 2.54. The molecule has 0 fully saturated rings. The van der Waals surface area contributed by atoms with Gasteiger partial charge in [0.25, 0.3) is 0 Å². The third-order valence-corrected chi connectivity index (χ3v) is 3.89. The second-order valence-corrected chi connectivity index (χ2v) is 6.09. The van der Waals surface area contributed by atoms with Gasteiger partial charge in [-0.2, -0.15) is 0 Å². The SMILES string of the molecule is CCNC(=NCc1nc(-c2ccco2)n[nH]1)N(C)Cc1ccc(C)cc1.I. The lowest BCUT2D eigenvalue weighted by atomic mass is 10.1. The van der Waals surface area contributed by atoms with Gasteiger partial charge in [0, 0.05) is 20.1 Å². The fraction of sp³-hybridized carbons (Fsp3) is 0.316. The van der Waals surface area contributed by atoms with Gasteiger partial charge in [0.2, 0.25) is 5.82 Å². The third kappa shape index (κ3) is 5.81. The lowest BCUT2D eigenvalue weighted by molar-refractivity contribution is 0.476. The molecule has 3 aromatic rings. The van der Waals surface area contributed by atoms with E-state index in [4.69, 9.17) is 4.42 Å². The molecule has 3 rings (SSSR count). The average Bonchev–Trinajstić information content (AvgIpc) is 3.32. The predicted octanol–water partition coefficient (Wildman–Crippen LogP) is 3.59. The molecule has 0 atom stereocenters. The van der Waals surface area contributed by atoms with Crippen molar-refractivity contribution >= 4 is 29.9 Å². The van der Waals surface area contributed by atoms with Crippen molar-refractivity contribution in [3.05, 3.63) is 59.6 Å². The Morgan fingerprint density at radius 1 is 1.26 bits per heavy atom. The summed E-state index contributed by atoms with van der Waals surface area (Å²) in [7, 11) is 2.02. The number of benzene rings is 1. The lowest BCUT2D eigenvalue weighted by Crippen LogP contribution is -2.38. The summed E-state index contributed by atoms with van der Waals surface area (Å²) in [4.78, 5) is 11.2. The molecule has 0 aliphatic rings. The second kappa shape index (κ2) is 10.1. The molecule has 2 N–H and O–H groups in total. The van der Waals surface area contributed by atoms with E-state index in [1.165, 1.54) is 11.1 Å². The summed E-state index contributed by atoms with van der Waals surface area (Å²) >= 11 is 0. The van der Waals surface area contributed by atoms with Crippen LogP contribution >= 0.6 is 24.0 Å². The predicted molar refractivity (Wildman–Crippen MR) is 117 cm³/mol. The molecule has 8 heteroatoms. The zero-order valence-electron chi connectivity index (χ0n) is 15.8. The highest BCUT2D eigenvalue weighted by Gasteiger charge is 2.10. The summed E-state index contributed by atoms with van der Waals surface area (Å²) in [5.41, 5.74) is 2.50. The Bertz CT molecular complexity index is 841. The van der Waals surface area contributed by atoms with Gasteiger partial charge in [-0.25, -0.2) is 9.98 Å². The first kappa shape index (κ1) is 20.9. The van der Waals surface area contributed by atoms with Crippen LogP contribution in [-0.4, -0.2) is 39.6 Å². The maximum absolute atomic E-state index is 5.31. The number of aromatic nitrogens is 3. The number of halogens is 1. The molecule has 0 aliphatic carbocycles. The van der Waals surface area contributed by atoms with E-state index in [0.29, 0.717) is 24.0 Å². The Morgan fingerprint density at radius 2 is 2.04 bits per heavy atom. The van der Waals surface area contributed by atoms with E-state index in [1.807, 2.05) is 19.2 Å². The molecule has 144 valence electrons. The second-order valence-electron chi connectivity index (χ2n) is 6.09. The van der Waals surface area contributed by atoms with E-state index in [-0.39, 0.29) is 24.0 Å². The highest BCUT2D eigenvalue weighted by atomic mass is 127. The van der Waals surface area contributed by atoms with Crippen LogP contribution in [0.1, 0.15) is 23.9 Å². The summed E-state index contributed by atoms with van der Waals surface area (Å²) < 4.78 is 5.31. The van der Waals surface area contributed by atoms with Gasteiger partial charge in [0.1, 0.15) is 12.4 Å². The van der Waals surface area contributed by atoms with E-state index in [0.717, 1.165) is 19.0 Å². The first-order valence-corrected chi connectivity index (χ1v) is 8.66. The maximum atomic E-state index is 5.31. The summed E-state index contributed by atoms with van der Waals surface area (Å²) in [6.07, 6.45) is 1.60. The van der Waals surface area contributed by atoms with Crippen LogP contribution in [0.2, 0.25) is 0 Å². The van der Waals surface area contributed by atoms with E-state index in [2.05, 4.69) is 68.5 Å². The van der Waals surface area contributed by atoms with Crippen LogP contribution < -0.4 is 5.32 Å². The first-order valence-electron chi connectivity index (χ1n) is 8.66. The molecule has 0 bridgehead atoms. The van der Waals surface area contributed by atoms with Gasteiger partial charge in [0.15, 0.2) is 11.7 Å². The smallest absolute Gasteiger partial charge is 0.216 e. The Kier molecular flexibility index (Phi) is 7.83. The molecule has 0 saturated carbocycles. The number of guanidine groups is 1. The topological polar surface area (TPSA) is 82.3 Å². The quantitative estimate of drug-likeness (QED) is 0.320. The van der Waals surface area contributed by atoms with Crippen LogP contribution in [0.4, 0.5) is 0 Å². The van der Waals surface area contributed by atoms with Crippen LogP contribution in [-0.2, 0) is 13.1 Å². The van der Waals surface area contributed by atoms with Gasteiger partial charge >= 0.3 is 0 Å². The molecule has 0 spiro atoms. The van der Waals surface area contributed by atoms with E-state index in [1.54, 1.807) is 6.26 Å². The van der Waals surface area contributed by atoms with Gasteiger partial charge < -0.3 is 14.6 Å². The third-order valence-electron chi connectivity index (χ3n) is 3.89. The zero-order chi connectivity index (χ0) is 18.4. The molecule has 7 nitrogen and oxygen atoms in total. The number of H-pyrrole nitrogens is 1.